The van der Waals surface area contributed by atoms with E-state index in [1.165, 1.54) is 25.7 Å². The first-order valence-electron chi connectivity index (χ1n) is 6.89. The van der Waals surface area contributed by atoms with Crippen molar-refractivity contribution in [1.82, 2.24) is 0 Å². The van der Waals surface area contributed by atoms with E-state index in [1.54, 1.807) is 0 Å². The molecule has 1 unspecified atom stereocenters. The lowest BCUT2D eigenvalue weighted by molar-refractivity contribution is -0.123. The van der Waals surface area contributed by atoms with Crippen LogP contribution >= 0.6 is 0 Å². The Morgan fingerprint density at radius 3 is 2.56 bits per heavy atom. The summed E-state index contributed by atoms with van der Waals surface area (Å²) in [5.74, 6) is 1.13. The Kier molecular flexibility index (Phi) is 6.70. The third-order valence-corrected chi connectivity index (χ3v) is 3.60. The SMILES string of the molecule is CCCCC(CC)COC1CCC(=O)CC1. The van der Waals surface area contributed by atoms with E-state index in [2.05, 4.69) is 13.8 Å². The highest BCUT2D eigenvalue weighted by Crippen LogP contribution is 2.20. The highest BCUT2D eigenvalue weighted by atomic mass is 16.5. The van der Waals surface area contributed by atoms with E-state index >= 15 is 0 Å². The van der Waals surface area contributed by atoms with Crippen molar-refractivity contribution in [3.63, 3.8) is 0 Å². The molecule has 0 radical (unpaired) electrons. The number of carbonyl (C=O) groups excluding carboxylic acids is 1. The second-order valence-corrected chi connectivity index (χ2v) is 4.99. The summed E-state index contributed by atoms with van der Waals surface area (Å²) in [7, 11) is 0. The van der Waals surface area contributed by atoms with Crippen molar-refractivity contribution in [2.24, 2.45) is 5.92 Å². The molecule has 0 aromatic rings. The molecule has 94 valence electrons. The summed E-state index contributed by atoms with van der Waals surface area (Å²) in [6.45, 7) is 5.38. The molecule has 0 heterocycles. The number of ketones is 1. The van der Waals surface area contributed by atoms with Crippen LogP contribution in [-0.4, -0.2) is 18.5 Å². The van der Waals surface area contributed by atoms with Gasteiger partial charge in [-0.1, -0.05) is 33.1 Å². The van der Waals surface area contributed by atoms with Gasteiger partial charge in [-0.2, -0.15) is 0 Å². The molecule has 0 aromatic carbocycles. The van der Waals surface area contributed by atoms with Gasteiger partial charge in [-0.3, -0.25) is 4.79 Å². The first-order valence-corrected chi connectivity index (χ1v) is 6.89. The normalized spacial score (nSPS) is 20.0. The lowest BCUT2D eigenvalue weighted by atomic mass is 9.96. The zero-order valence-corrected chi connectivity index (χ0v) is 10.8. The fourth-order valence-electron chi connectivity index (χ4n) is 2.25. The second-order valence-electron chi connectivity index (χ2n) is 4.99. The molecule has 1 saturated carbocycles. The van der Waals surface area contributed by atoms with Crippen molar-refractivity contribution in [3.8, 4) is 0 Å². The van der Waals surface area contributed by atoms with Gasteiger partial charge in [-0.15, -0.1) is 0 Å². The fourth-order valence-corrected chi connectivity index (χ4v) is 2.25. The van der Waals surface area contributed by atoms with E-state index in [9.17, 15) is 4.79 Å². The Balaban J connectivity index is 2.14. The van der Waals surface area contributed by atoms with Gasteiger partial charge in [0, 0.05) is 19.4 Å². The molecule has 0 amide bonds. The molecule has 0 aromatic heterocycles. The van der Waals surface area contributed by atoms with E-state index in [0.717, 1.165) is 38.2 Å². The molecular weight excluding hydrogens is 200 g/mol. The number of hydrogen-bond donors (Lipinski definition) is 0. The van der Waals surface area contributed by atoms with Crippen LogP contribution in [0.15, 0.2) is 0 Å². The van der Waals surface area contributed by atoms with E-state index in [4.69, 9.17) is 4.74 Å². The van der Waals surface area contributed by atoms with Crippen molar-refractivity contribution in [2.45, 2.75) is 71.3 Å². The predicted octanol–water partition coefficient (Wildman–Crippen LogP) is 3.73. The maximum Gasteiger partial charge on any atom is 0.133 e. The predicted molar refractivity (Wildman–Crippen MR) is 66.5 cm³/mol. The molecule has 1 rings (SSSR count). The summed E-state index contributed by atoms with van der Waals surface area (Å²) >= 11 is 0. The van der Waals surface area contributed by atoms with Crippen LogP contribution < -0.4 is 0 Å². The minimum Gasteiger partial charge on any atom is -0.378 e. The molecule has 0 aliphatic heterocycles. The van der Waals surface area contributed by atoms with Gasteiger partial charge >= 0.3 is 0 Å². The van der Waals surface area contributed by atoms with Crippen LogP contribution in [0.4, 0.5) is 0 Å². The molecule has 1 aliphatic rings. The first kappa shape index (κ1) is 13.7. The minimum absolute atomic E-state index is 0.355. The van der Waals surface area contributed by atoms with Crippen LogP contribution in [0.3, 0.4) is 0 Å². The molecule has 16 heavy (non-hydrogen) atoms. The number of rotatable bonds is 7. The van der Waals surface area contributed by atoms with E-state index in [0.29, 0.717) is 11.9 Å². The van der Waals surface area contributed by atoms with Gasteiger partial charge in [0.1, 0.15) is 5.78 Å². The van der Waals surface area contributed by atoms with E-state index in [-0.39, 0.29) is 0 Å². The zero-order chi connectivity index (χ0) is 11.8. The van der Waals surface area contributed by atoms with Crippen LogP contribution in [0.25, 0.3) is 0 Å². The minimum atomic E-state index is 0.355. The molecule has 2 heteroatoms. The van der Waals surface area contributed by atoms with Crippen LogP contribution in [0, 0.1) is 5.92 Å². The van der Waals surface area contributed by atoms with Crippen molar-refractivity contribution in [1.29, 1.82) is 0 Å². The van der Waals surface area contributed by atoms with E-state index in [1.807, 2.05) is 0 Å². The topological polar surface area (TPSA) is 26.3 Å². The largest absolute Gasteiger partial charge is 0.378 e. The lowest BCUT2D eigenvalue weighted by Crippen LogP contribution is -2.24. The summed E-state index contributed by atoms with van der Waals surface area (Å²) in [6.07, 6.45) is 8.80. The average Bonchev–Trinajstić information content (AvgIpc) is 2.32. The standard InChI is InChI=1S/C14H26O2/c1-3-5-6-12(4-2)11-16-14-9-7-13(15)8-10-14/h12,14H,3-11H2,1-2H3. The summed E-state index contributed by atoms with van der Waals surface area (Å²) in [5, 5.41) is 0. The fraction of sp³-hybridized carbons (Fsp3) is 0.929. The van der Waals surface area contributed by atoms with Crippen molar-refractivity contribution < 1.29 is 9.53 Å². The Bertz CT molecular complexity index is 191. The van der Waals surface area contributed by atoms with Gasteiger partial charge in [0.2, 0.25) is 0 Å². The van der Waals surface area contributed by atoms with Crippen LogP contribution in [0.5, 0.6) is 0 Å². The number of carbonyl (C=O) groups is 1. The Morgan fingerprint density at radius 2 is 2.00 bits per heavy atom. The van der Waals surface area contributed by atoms with Crippen molar-refractivity contribution in [3.05, 3.63) is 0 Å². The van der Waals surface area contributed by atoms with Gasteiger partial charge in [-0.05, 0) is 25.2 Å². The molecule has 1 fully saturated rings. The molecule has 2 nitrogen and oxygen atoms in total. The van der Waals surface area contributed by atoms with Crippen molar-refractivity contribution in [2.75, 3.05) is 6.61 Å². The molecular formula is C14H26O2. The molecule has 1 aliphatic carbocycles. The second kappa shape index (κ2) is 7.83. The number of hydrogen-bond acceptors (Lipinski definition) is 2. The quantitative estimate of drug-likeness (QED) is 0.661. The smallest absolute Gasteiger partial charge is 0.133 e. The monoisotopic (exact) mass is 226 g/mol. The van der Waals surface area contributed by atoms with Crippen LogP contribution in [0.1, 0.15) is 65.2 Å². The number of Topliss-reactive ketones (excluding diaryl/α,β-unsaturated/α-hetero) is 1. The lowest BCUT2D eigenvalue weighted by Gasteiger charge is -2.24. The summed E-state index contributed by atoms with van der Waals surface area (Å²) in [6, 6.07) is 0. The van der Waals surface area contributed by atoms with Gasteiger partial charge in [0.15, 0.2) is 0 Å². The first-order chi connectivity index (χ1) is 7.76. The van der Waals surface area contributed by atoms with Gasteiger partial charge in [-0.25, -0.2) is 0 Å². The Labute approximate surface area is 99.8 Å². The third-order valence-electron chi connectivity index (χ3n) is 3.60. The zero-order valence-electron chi connectivity index (χ0n) is 10.8. The van der Waals surface area contributed by atoms with Gasteiger partial charge in [0.05, 0.1) is 6.10 Å². The van der Waals surface area contributed by atoms with Gasteiger partial charge < -0.3 is 4.74 Å². The highest BCUT2D eigenvalue weighted by molar-refractivity contribution is 5.79. The van der Waals surface area contributed by atoms with Crippen LogP contribution in [0.2, 0.25) is 0 Å². The summed E-state index contributed by atoms with van der Waals surface area (Å²) in [5.41, 5.74) is 0. The summed E-state index contributed by atoms with van der Waals surface area (Å²) < 4.78 is 5.93. The molecule has 0 bridgehead atoms. The maximum absolute atomic E-state index is 11.1. The van der Waals surface area contributed by atoms with Crippen LogP contribution in [-0.2, 0) is 9.53 Å². The summed E-state index contributed by atoms with van der Waals surface area (Å²) in [4.78, 5) is 11.1. The Morgan fingerprint density at radius 1 is 1.31 bits per heavy atom. The molecule has 0 saturated heterocycles. The average molecular weight is 226 g/mol. The molecule has 0 spiro atoms. The molecule has 1 atom stereocenters. The third kappa shape index (κ3) is 5.11. The Hall–Kier alpha value is -0.370. The van der Waals surface area contributed by atoms with Crippen molar-refractivity contribution >= 4 is 5.78 Å². The van der Waals surface area contributed by atoms with E-state index < -0.39 is 0 Å². The highest BCUT2D eigenvalue weighted by Gasteiger charge is 2.19. The van der Waals surface area contributed by atoms with Gasteiger partial charge in [0.25, 0.3) is 0 Å². The maximum atomic E-state index is 11.1. The number of ether oxygens (including phenoxy) is 1. The molecule has 0 N–H and O–H groups in total. The number of unbranched alkanes of at least 4 members (excludes halogenated alkanes) is 1.